The molecule has 5 heteroatoms. The van der Waals surface area contributed by atoms with Gasteiger partial charge in [0.2, 0.25) is 0 Å². The average molecular weight is 207 g/mol. The third-order valence-electron chi connectivity index (χ3n) is 2.56. The van der Waals surface area contributed by atoms with E-state index in [-0.39, 0.29) is 13.1 Å². The highest BCUT2D eigenvalue weighted by atomic mass is 19.3. The van der Waals surface area contributed by atoms with Gasteiger partial charge in [-0.2, -0.15) is 8.78 Å². The molecule has 1 unspecified atom stereocenters. The molecule has 1 N–H and O–H groups in total. The number of hydrogen-bond acceptors (Lipinski definition) is 2. The summed E-state index contributed by atoms with van der Waals surface area (Å²) in [6.45, 7) is 4.25. The maximum atomic E-state index is 12.7. The summed E-state index contributed by atoms with van der Waals surface area (Å²) in [6.07, 6.45) is -0.728. The first-order chi connectivity index (χ1) is 6.14. The van der Waals surface area contributed by atoms with Crippen LogP contribution in [-0.4, -0.2) is 41.0 Å². The quantitative estimate of drug-likeness (QED) is 0.693. The van der Waals surface area contributed by atoms with Gasteiger partial charge in [0, 0.05) is 25.4 Å². The minimum Gasteiger partial charge on any atom is -0.391 e. The van der Waals surface area contributed by atoms with Crippen LogP contribution in [0.1, 0.15) is 20.8 Å². The summed E-state index contributed by atoms with van der Waals surface area (Å²) < 4.78 is 25.3. The van der Waals surface area contributed by atoms with Crippen molar-refractivity contribution in [2.24, 2.45) is 5.41 Å². The minimum atomic E-state index is -3.35. The van der Waals surface area contributed by atoms with Gasteiger partial charge in [0.15, 0.2) is 0 Å². The summed E-state index contributed by atoms with van der Waals surface area (Å²) in [6, 6.07) is 0. The number of amides is 1. The number of nitrogens with zero attached hydrogens (tertiary/aromatic N) is 1. The third-order valence-corrected chi connectivity index (χ3v) is 2.56. The zero-order valence-corrected chi connectivity index (χ0v) is 8.55. The van der Waals surface area contributed by atoms with Gasteiger partial charge >= 0.3 is 5.92 Å². The van der Waals surface area contributed by atoms with Gasteiger partial charge in [0.1, 0.15) is 0 Å². The van der Waals surface area contributed by atoms with Crippen LogP contribution in [0.2, 0.25) is 0 Å². The molecule has 1 aliphatic rings. The van der Waals surface area contributed by atoms with Crippen molar-refractivity contribution in [3.63, 3.8) is 0 Å². The SMILES string of the molecule is CC(F)(F)C(=O)N1CC(O)C(C)(C)C1. The van der Waals surface area contributed by atoms with Crippen LogP contribution in [0.4, 0.5) is 8.78 Å². The van der Waals surface area contributed by atoms with Gasteiger partial charge in [-0.3, -0.25) is 4.79 Å². The van der Waals surface area contributed by atoms with Gasteiger partial charge in [-0.05, 0) is 0 Å². The molecule has 0 radical (unpaired) electrons. The Hall–Kier alpha value is -0.710. The third kappa shape index (κ3) is 2.03. The summed E-state index contributed by atoms with van der Waals surface area (Å²) in [5.41, 5.74) is -0.499. The Morgan fingerprint density at radius 3 is 2.36 bits per heavy atom. The highest BCUT2D eigenvalue weighted by Gasteiger charge is 2.45. The Bertz CT molecular complexity index is 248. The minimum absolute atomic E-state index is 0.00470. The van der Waals surface area contributed by atoms with E-state index in [1.807, 2.05) is 0 Å². The molecule has 0 aromatic rings. The summed E-state index contributed by atoms with van der Waals surface area (Å²) in [5.74, 6) is -4.55. The molecule has 1 atom stereocenters. The first kappa shape index (κ1) is 11.4. The zero-order chi connectivity index (χ0) is 11.1. The number of carbonyl (C=O) groups excluding carboxylic acids is 1. The van der Waals surface area contributed by atoms with Crippen LogP contribution >= 0.6 is 0 Å². The van der Waals surface area contributed by atoms with Crippen molar-refractivity contribution in [3.05, 3.63) is 0 Å². The maximum Gasteiger partial charge on any atom is 0.322 e. The van der Waals surface area contributed by atoms with Crippen molar-refractivity contribution in [1.29, 1.82) is 0 Å². The molecule has 1 amide bonds. The topological polar surface area (TPSA) is 40.5 Å². The molecule has 1 saturated heterocycles. The van der Waals surface area contributed by atoms with E-state index in [9.17, 15) is 18.7 Å². The van der Waals surface area contributed by atoms with E-state index in [0.29, 0.717) is 6.92 Å². The fourth-order valence-corrected chi connectivity index (χ4v) is 1.55. The summed E-state index contributed by atoms with van der Waals surface area (Å²) in [4.78, 5) is 12.2. The van der Waals surface area contributed by atoms with E-state index in [4.69, 9.17) is 0 Å². The molecule has 82 valence electrons. The second-order valence-corrected chi connectivity index (χ2v) is 4.58. The first-order valence-electron chi connectivity index (χ1n) is 4.50. The van der Waals surface area contributed by atoms with Crippen LogP contribution in [0.5, 0.6) is 0 Å². The molecule has 0 spiro atoms. The Kier molecular flexibility index (Phi) is 2.56. The van der Waals surface area contributed by atoms with E-state index in [2.05, 4.69) is 0 Å². The van der Waals surface area contributed by atoms with Gasteiger partial charge in [-0.1, -0.05) is 13.8 Å². The van der Waals surface area contributed by atoms with Gasteiger partial charge in [-0.25, -0.2) is 0 Å². The van der Waals surface area contributed by atoms with E-state index in [0.717, 1.165) is 4.90 Å². The highest BCUT2D eigenvalue weighted by Crippen LogP contribution is 2.31. The van der Waals surface area contributed by atoms with Crippen molar-refractivity contribution in [2.75, 3.05) is 13.1 Å². The molecule has 0 bridgehead atoms. The molecule has 1 heterocycles. The van der Waals surface area contributed by atoms with Gasteiger partial charge in [-0.15, -0.1) is 0 Å². The zero-order valence-electron chi connectivity index (χ0n) is 8.55. The van der Waals surface area contributed by atoms with Crippen molar-refractivity contribution >= 4 is 5.91 Å². The Morgan fingerprint density at radius 1 is 1.57 bits per heavy atom. The van der Waals surface area contributed by atoms with Gasteiger partial charge < -0.3 is 10.0 Å². The smallest absolute Gasteiger partial charge is 0.322 e. The fraction of sp³-hybridized carbons (Fsp3) is 0.889. The molecular weight excluding hydrogens is 192 g/mol. The highest BCUT2D eigenvalue weighted by molar-refractivity contribution is 5.83. The molecule has 1 rings (SSSR count). The number of hydrogen-bond donors (Lipinski definition) is 1. The number of likely N-dealkylation sites (tertiary alicyclic amines) is 1. The molecular formula is C9H15F2NO2. The Morgan fingerprint density at radius 2 is 2.07 bits per heavy atom. The Labute approximate surface area is 81.7 Å². The summed E-state index contributed by atoms with van der Waals surface area (Å²) in [5, 5.41) is 9.50. The number of halogens is 2. The lowest BCUT2D eigenvalue weighted by Crippen LogP contribution is -2.41. The van der Waals surface area contributed by atoms with Crippen LogP contribution in [0, 0.1) is 5.41 Å². The number of carbonyl (C=O) groups is 1. The van der Waals surface area contributed by atoms with Crippen LogP contribution in [0.15, 0.2) is 0 Å². The second kappa shape index (κ2) is 3.15. The van der Waals surface area contributed by atoms with E-state index >= 15 is 0 Å². The first-order valence-corrected chi connectivity index (χ1v) is 4.50. The van der Waals surface area contributed by atoms with Crippen LogP contribution in [0.3, 0.4) is 0 Å². The lowest BCUT2D eigenvalue weighted by molar-refractivity contribution is -0.154. The largest absolute Gasteiger partial charge is 0.391 e. The normalized spacial score (nSPS) is 26.7. The predicted octanol–water partition coefficient (Wildman–Crippen LogP) is 0.871. The van der Waals surface area contributed by atoms with Crippen LogP contribution < -0.4 is 0 Å². The number of β-amino-alcohol motifs (C(OH)–C–C–N with tert-alkyl or cyclic N) is 1. The average Bonchev–Trinajstić information content (AvgIpc) is 2.23. The van der Waals surface area contributed by atoms with Gasteiger partial charge in [0.25, 0.3) is 5.91 Å². The van der Waals surface area contributed by atoms with Gasteiger partial charge in [0.05, 0.1) is 6.10 Å². The molecule has 0 aromatic carbocycles. The molecule has 0 aliphatic carbocycles. The standard InChI is InChI=1S/C9H15F2NO2/c1-8(2)5-12(4-6(8)13)7(14)9(3,10)11/h6,13H,4-5H2,1-3H3. The maximum absolute atomic E-state index is 12.7. The second-order valence-electron chi connectivity index (χ2n) is 4.58. The van der Waals surface area contributed by atoms with E-state index in [1.54, 1.807) is 13.8 Å². The van der Waals surface area contributed by atoms with Crippen molar-refractivity contribution in [1.82, 2.24) is 4.90 Å². The summed E-state index contributed by atoms with van der Waals surface area (Å²) >= 11 is 0. The Balaban J connectivity index is 2.72. The summed E-state index contributed by atoms with van der Waals surface area (Å²) in [7, 11) is 0. The number of alkyl halides is 2. The lowest BCUT2D eigenvalue weighted by Gasteiger charge is -2.22. The number of aliphatic hydroxyl groups is 1. The van der Waals surface area contributed by atoms with Crippen LogP contribution in [0.25, 0.3) is 0 Å². The number of aliphatic hydroxyl groups excluding tert-OH is 1. The molecule has 0 aromatic heterocycles. The van der Waals surface area contributed by atoms with E-state index < -0.39 is 23.3 Å². The predicted molar refractivity (Wildman–Crippen MR) is 47.0 cm³/mol. The lowest BCUT2D eigenvalue weighted by atomic mass is 9.90. The number of rotatable bonds is 1. The molecule has 0 saturated carbocycles. The molecule has 14 heavy (non-hydrogen) atoms. The molecule has 3 nitrogen and oxygen atoms in total. The fourth-order valence-electron chi connectivity index (χ4n) is 1.55. The van der Waals surface area contributed by atoms with Crippen LogP contribution in [-0.2, 0) is 4.79 Å². The van der Waals surface area contributed by atoms with Crippen molar-refractivity contribution in [3.8, 4) is 0 Å². The van der Waals surface area contributed by atoms with E-state index in [1.165, 1.54) is 0 Å². The van der Waals surface area contributed by atoms with Crippen molar-refractivity contribution in [2.45, 2.75) is 32.8 Å². The molecule has 1 aliphatic heterocycles. The van der Waals surface area contributed by atoms with Crippen molar-refractivity contribution < 1.29 is 18.7 Å². The monoisotopic (exact) mass is 207 g/mol. The molecule has 1 fully saturated rings.